The number of aliphatic hydroxyl groups is 1. The summed E-state index contributed by atoms with van der Waals surface area (Å²) in [7, 11) is 4.05. The number of benzene rings is 1. The standard InChI is InChI=1S/C17H27N3O2S/c1-19(2)12-17(13-21)7-9-20(10-8-17)16(22)18-14-5-4-6-15(11-14)23-3/h4-6,11,21H,7-10,12-13H2,1-3H3,(H,18,22). The summed E-state index contributed by atoms with van der Waals surface area (Å²) < 4.78 is 0. The second-order valence-electron chi connectivity index (χ2n) is 6.55. The maximum atomic E-state index is 12.4. The van der Waals surface area contributed by atoms with E-state index in [2.05, 4.69) is 10.2 Å². The van der Waals surface area contributed by atoms with Crippen LogP contribution in [0.15, 0.2) is 29.2 Å². The Labute approximate surface area is 143 Å². The van der Waals surface area contributed by atoms with Gasteiger partial charge in [-0.2, -0.15) is 0 Å². The minimum absolute atomic E-state index is 0.0559. The zero-order valence-electron chi connectivity index (χ0n) is 14.2. The van der Waals surface area contributed by atoms with Crippen LogP contribution in [0.4, 0.5) is 10.5 Å². The number of nitrogens with zero attached hydrogens (tertiary/aromatic N) is 2. The van der Waals surface area contributed by atoms with Crippen LogP contribution >= 0.6 is 11.8 Å². The van der Waals surface area contributed by atoms with Gasteiger partial charge < -0.3 is 20.2 Å². The number of urea groups is 1. The molecule has 0 unspecified atom stereocenters. The summed E-state index contributed by atoms with van der Waals surface area (Å²) in [5.74, 6) is 0. The molecule has 2 rings (SSSR count). The quantitative estimate of drug-likeness (QED) is 0.811. The van der Waals surface area contributed by atoms with Crippen LogP contribution in [0, 0.1) is 5.41 Å². The zero-order valence-corrected chi connectivity index (χ0v) is 15.0. The number of thioether (sulfide) groups is 1. The summed E-state index contributed by atoms with van der Waals surface area (Å²) in [6.45, 7) is 2.40. The van der Waals surface area contributed by atoms with Gasteiger partial charge in [0.25, 0.3) is 0 Å². The highest BCUT2D eigenvalue weighted by atomic mass is 32.2. The maximum absolute atomic E-state index is 12.4. The first-order valence-electron chi connectivity index (χ1n) is 7.94. The van der Waals surface area contributed by atoms with Gasteiger partial charge in [0.1, 0.15) is 0 Å². The number of amides is 2. The SMILES string of the molecule is CSc1cccc(NC(=O)N2CCC(CO)(CN(C)C)CC2)c1. The third-order valence-electron chi connectivity index (χ3n) is 4.42. The van der Waals surface area contributed by atoms with Crippen LogP contribution in [-0.4, -0.2) is 67.5 Å². The number of rotatable bonds is 5. The van der Waals surface area contributed by atoms with Gasteiger partial charge in [0.15, 0.2) is 0 Å². The molecule has 128 valence electrons. The fourth-order valence-electron chi connectivity index (χ4n) is 3.12. The van der Waals surface area contributed by atoms with Crippen LogP contribution in [0.5, 0.6) is 0 Å². The predicted molar refractivity (Wildman–Crippen MR) is 96.1 cm³/mol. The Bertz CT molecular complexity index is 528. The molecule has 1 heterocycles. The summed E-state index contributed by atoms with van der Waals surface area (Å²) in [6, 6.07) is 7.81. The first kappa shape index (κ1) is 18.1. The molecule has 2 amide bonds. The second-order valence-corrected chi connectivity index (χ2v) is 7.42. The molecule has 5 nitrogen and oxygen atoms in total. The van der Waals surface area contributed by atoms with Crippen LogP contribution < -0.4 is 5.32 Å². The average molecular weight is 337 g/mol. The number of hydrogen-bond donors (Lipinski definition) is 2. The summed E-state index contributed by atoms with van der Waals surface area (Å²) in [5.41, 5.74) is 0.744. The van der Waals surface area contributed by atoms with Crippen molar-refractivity contribution in [2.24, 2.45) is 5.41 Å². The number of piperidine rings is 1. The van der Waals surface area contributed by atoms with Gasteiger partial charge in [-0.1, -0.05) is 6.07 Å². The second kappa shape index (κ2) is 8.04. The smallest absolute Gasteiger partial charge is 0.321 e. The monoisotopic (exact) mass is 337 g/mol. The number of likely N-dealkylation sites (tertiary alicyclic amines) is 1. The van der Waals surface area contributed by atoms with E-state index < -0.39 is 0 Å². The molecule has 6 heteroatoms. The summed E-state index contributed by atoms with van der Waals surface area (Å²) in [5, 5.41) is 12.7. The van der Waals surface area contributed by atoms with E-state index in [1.165, 1.54) is 0 Å². The average Bonchev–Trinajstić information content (AvgIpc) is 2.55. The number of carbonyl (C=O) groups excluding carboxylic acids is 1. The van der Waals surface area contributed by atoms with Gasteiger partial charge in [0, 0.05) is 35.6 Å². The predicted octanol–water partition coefficient (Wildman–Crippen LogP) is 2.58. The summed E-state index contributed by atoms with van der Waals surface area (Å²) in [4.78, 5) is 17.5. The van der Waals surface area contributed by atoms with Gasteiger partial charge >= 0.3 is 6.03 Å². The lowest BCUT2D eigenvalue weighted by Gasteiger charge is -2.42. The third-order valence-corrected chi connectivity index (χ3v) is 5.14. The largest absolute Gasteiger partial charge is 0.396 e. The fraction of sp³-hybridized carbons (Fsp3) is 0.588. The number of carbonyl (C=O) groups is 1. The van der Waals surface area contributed by atoms with Crippen LogP contribution in [0.3, 0.4) is 0 Å². The van der Waals surface area contributed by atoms with E-state index in [1.807, 2.05) is 49.5 Å². The molecule has 1 aromatic rings. The Balaban J connectivity index is 1.92. The van der Waals surface area contributed by atoms with Gasteiger partial charge in [-0.25, -0.2) is 4.79 Å². The van der Waals surface area contributed by atoms with Crippen molar-refractivity contribution in [3.05, 3.63) is 24.3 Å². The number of anilines is 1. The minimum atomic E-state index is -0.0843. The van der Waals surface area contributed by atoms with Crippen molar-refractivity contribution in [1.29, 1.82) is 0 Å². The molecule has 0 saturated carbocycles. The molecule has 0 spiro atoms. The Morgan fingerprint density at radius 1 is 1.39 bits per heavy atom. The first-order chi connectivity index (χ1) is 11.0. The lowest BCUT2D eigenvalue weighted by atomic mass is 9.79. The number of aliphatic hydroxyl groups excluding tert-OH is 1. The van der Waals surface area contributed by atoms with E-state index in [-0.39, 0.29) is 18.1 Å². The highest BCUT2D eigenvalue weighted by Gasteiger charge is 2.35. The molecule has 0 atom stereocenters. The first-order valence-corrected chi connectivity index (χ1v) is 9.16. The van der Waals surface area contributed by atoms with Crippen LogP contribution in [0.1, 0.15) is 12.8 Å². The van der Waals surface area contributed by atoms with E-state index in [0.717, 1.165) is 30.0 Å². The Kier molecular flexibility index (Phi) is 6.33. The van der Waals surface area contributed by atoms with Gasteiger partial charge in [0.2, 0.25) is 0 Å². The summed E-state index contributed by atoms with van der Waals surface area (Å²) >= 11 is 1.66. The van der Waals surface area contributed by atoms with Crippen molar-refractivity contribution in [3.8, 4) is 0 Å². The topological polar surface area (TPSA) is 55.8 Å². The molecular weight excluding hydrogens is 310 g/mol. The van der Waals surface area contributed by atoms with Crippen LogP contribution in [0.2, 0.25) is 0 Å². The molecule has 1 aromatic carbocycles. The molecule has 2 N–H and O–H groups in total. The fourth-order valence-corrected chi connectivity index (χ4v) is 3.58. The Morgan fingerprint density at radius 3 is 2.65 bits per heavy atom. The molecule has 0 aromatic heterocycles. The number of nitrogens with one attached hydrogen (secondary N) is 1. The van der Waals surface area contributed by atoms with Crippen molar-refractivity contribution >= 4 is 23.5 Å². The van der Waals surface area contributed by atoms with Crippen LogP contribution in [0.25, 0.3) is 0 Å². The summed E-state index contributed by atoms with van der Waals surface area (Å²) in [6.07, 6.45) is 3.69. The molecule has 1 saturated heterocycles. The molecule has 0 radical (unpaired) electrons. The molecule has 1 aliphatic heterocycles. The van der Waals surface area contributed by atoms with Crippen molar-refractivity contribution in [2.75, 3.05) is 51.9 Å². The molecule has 0 bridgehead atoms. The van der Waals surface area contributed by atoms with Gasteiger partial charge in [-0.3, -0.25) is 0 Å². The lowest BCUT2D eigenvalue weighted by molar-refractivity contribution is 0.0358. The van der Waals surface area contributed by atoms with E-state index in [9.17, 15) is 9.90 Å². The molecular formula is C17H27N3O2S. The normalized spacial score (nSPS) is 17.3. The van der Waals surface area contributed by atoms with E-state index in [1.54, 1.807) is 11.8 Å². The van der Waals surface area contributed by atoms with Crippen molar-refractivity contribution in [3.63, 3.8) is 0 Å². The van der Waals surface area contributed by atoms with E-state index >= 15 is 0 Å². The highest BCUT2D eigenvalue weighted by Crippen LogP contribution is 2.32. The molecule has 23 heavy (non-hydrogen) atoms. The zero-order chi connectivity index (χ0) is 16.9. The maximum Gasteiger partial charge on any atom is 0.321 e. The van der Waals surface area contributed by atoms with E-state index in [4.69, 9.17) is 0 Å². The van der Waals surface area contributed by atoms with Gasteiger partial charge in [-0.15, -0.1) is 11.8 Å². The molecule has 0 aliphatic carbocycles. The van der Waals surface area contributed by atoms with Crippen molar-refractivity contribution in [2.45, 2.75) is 17.7 Å². The van der Waals surface area contributed by atoms with Crippen molar-refractivity contribution in [1.82, 2.24) is 9.80 Å². The number of hydrogen-bond acceptors (Lipinski definition) is 4. The van der Waals surface area contributed by atoms with Crippen molar-refractivity contribution < 1.29 is 9.90 Å². The van der Waals surface area contributed by atoms with Gasteiger partial charge in [-0.05, 0) is 51.4 Å². The van der Waals surface area contributed by atoms with Crippen LogP contribution in [-0.2, 0) is 0 Å². The van der Waals surface area contributed by atoms with E-state index in [0.29, 0.717) is 13.1 Å². The Morgan fingerprint density at radius 2 is 2.09 bits per heavy atom. The minimum Gasteiger partial charge on any atom is -0.396 e. The molecule has 1 fully saturated rings. The lowest BCUT2D eigenvalue weighted by Crippen LogP contribution is -2.49. The highest BCUT2D eigenvalue weighted by molar-refractivity contribution is 7.98. The Hall–Kier alpha value is -1.24. The molecule has 1 aliphatic rings. The third kappa shape index (κ3) is 4.86. The van der Waals surface area contributed by atoms with Gasteiger partial charge in [0.05, 0.1) is 6.61 Å².